The number of nitrogens with one attached hydrogen (secondary N) is 1. The van der Waals surface area contributed by atoms with Gasteiger partial charge in [-0.2, -0.15) is 0 Å². The molecule has 0 bridgehead atoms. The lowest BCUT2D eigenvalue weighted by Gasteiger charge is -2.15. The van der Waals surface area contributed by atoms with Crippen LogP contribution in [0.5, 0.6) is 0 Å². The molecular weight excluding hydrogens is 370 g/mol. The van der Waals surface area contributed by atoms with Crippen molar-refractivity contribution in [2.45, 2.75) is 37.9 Å². The summed E-state index contributed by atoms with van der Waals surface area (Å²) in [6.45, 7) is 4.96. The number of nitrogens with zero attached hydrogens (tertiary/aromatic N) is 4. The zero-order chi connectivity index (χ0) is 18.4. The topological polar surface area (TPSA) is 80.1 Å². The lowest BCUT2D eigenvalue weighted by atomic mass is 10.4. The Hall–Kier alpha value is -1.87. The minimum atomic E-state index is -0.0222. The second-order valence-electron chi connectivity index (χ2n) is 6.00. The van der Waals surface area contributed by atoms with Gasteiger partial charge in [-0.3, -0.25) is 9.59 Å². The third-order valence-corrected chi connectivity index (χ3v) is 6.04. The summed E-state index contributed by atoms with van der Waals surface area (Å²) in [5.41, 5.74) is 0. The Morgan fingerprint density at radius 1 is 1.42 bits per heavy atom. The van der Waals surface area contributed by atoms with Gasteiger partial charge < -0.3 is 14.8 Å². The van der Waals surface area contributed by atoms with Gasteiger partial charge in [-0.15, -0.1) is 21.5 Å². The normalized spacial score (nSPS) is 14.2. The Labute approximate surface area is 161 Å². The van der Waals surface area contributed by atoms with Crippen molar-refractivity contribution in [3.8, 4) is 10.7 Å². The van der Waals surface area contributed by atoms with E-state index in [2.05, 4.69) is 15.5 Å². The molecule has 0 unspecified atom stereocenters. The summed E-state index contributed by atoms with van der Waals surface area (Å²) in [5, 5.41) is 14.2. The van der Waals surface area contributed by atoms with E-state index in [9.17, 15) is 9.59 Å². The van der Waals surface area contributed by atoms with E-state index < -0.39 is 0 Å². The molecule has 0 radical (unpaired) electrons. The predicted molar refractivity (Wildman–Crippen MR) is 103 cm³/mol. The summed E-state index contributed by atoms with van der Waals surface area (Å²) in [5.74, 6) is 1.37. The molecule has 0 aliphatic carbocycles. The van der Waals surface area contributed by atoms with Crippen LogP contribution in [0.4, 0.5) is 0 Å². The Kier molecular flexibility index (Phi) is 6.67. The maximum Gasteiger partial charge on any atom is 0.230 e. The fourth-order valence-corrected chi connectivity index (χ4v) is 4.44. The van der Waals surface area contributed by atoms with Gasteiger partial charge in [-0.05, 0) is 31.2 Å². The lowest BCUT2D eigenvalue weighted by Crippen LogP contribution is -2.31. The fourth-order valence-electron chi connectivity index (χ4n) is 2.89. The maximum absolute atomic E-state index is 12.0. The van der Waals surface area contributed by atoms with E-state index in [0.717, 1.165) is 48.3 Å². The summed E-state index contributed by atoms with van der Waals surface area (Å²) in [4.78, 5) is 26.5. The molecule has 9 heteroatoms. The number of aromatic nitrogens is 3. The van der Waals surface area contributed by atoms with Crippen LogP contribution in [0.25, 0.3) is 10.7 Å². The molecule has 2 aromatic heterocycles. The molecule has 0 saturated carbocycles. The van der Waals surface area contributed by atoms with E-state index in [-0.39, 0.29) is 11.8 Å². The van der Waals surface area contributed by atoms with Gasteiger partial charge in [0.1, 0.15) is 0 Å². The van der Waals surface area contributed by atoms with Crippen molar-refractivity contribution < 1.29 is 9.59 Å². The van der Waals surface area contributed by atoms with Crippen LogP contribution in [0, 0.1) is 0 Å². The van der Waals surface area contributed by atoms with Gasteiger partial charge in [0.15, 0.2) is 11.0 Å². The number of amides is 2. The molecule has 26 heavy (non-hydrogen) atoms. The van der Waals surface area contributed by atoms with E-state index in [0.29, 0.717) is 18.7 Å². The number of rotatable bonds is 9. The van der Waals surface area contributed by atoms with Crippen LogP contribution >= 0.6 is 23.1 Å². The van der Waals surface area contributed by atoms with Crippen LogP contribution in [-0.2, 0) is 16.1 Å². The van der Waals surface area contributed by atoms with Gasteiger partial charge in [0.2, 0.25) is 11.8 Å². The van der Waals surface area contributed by atoms with E-state index in [1.54, 1.807) is 11.3 Å². The molecule has 2 amide bonds. The Bertz CT molecular complexity index is 744. The summed E-state index contributed by atoms with van der Waals surface area (Å²) < 4.78 is 2.03. The molecule has 2 aromatic rings. The Morgan fingerprint density at radius 2 is 2.31 bits per heavy atom. The smallest absolute Gasteiger partial charge is 0.230 e. The van der Waals surface area contributed by atoms with Crippen molar-refractivity contribution >= 4 is 34.9 Å². The molecule has 1 saturated heterocycles. The average molecular weight is 394 g/mol. The first kappa shape index (κ1) is 18.9. The van der Waals surface area contributed by atoms with Crippen LogP contribution in [0.15, 0.2) is 22.7 Å². The number of thioether (sulfide) groups is 1. The molecule has 3 rings (SSSR count). The van der Waals surface area contributed by atoms with Crippen LogP contribution < -0.4 is 5.32 Å². The molecular formula is C17H23N5O2S2. The van der Waals surface area contributed by atoms with E-state index in [4.69, 9.17) is 0 Å². The summed E-state index contributed by atoms with van der Waals surface area (Å²) in [7, 11) is 0. The molecule has 1 aliphatic rings. The first-order valence-electron chi connectivity index (χ1n) is 8.83. The first-order valence-corrected chi connectivity index (χ1v) is 10.7. The van der Waals surface area contributed by atoms with Gasteiger partial charge in [0.25, 0.3) is 0 Å². The average Bonchev–Trinajstić information content (AvgIpc) is 3.37. The number of hydrogen-bond acceptors (Lipinski definition) is 6. The Balaban J connectivity index is 1.42. The summed E-state index contributed by atoms with van der Waals surface area (Å²) in [6, 6.07) is 4.01. The van der Waals surface area contributed by atoms with E-state index >= 15 is 0 Å². The van der Waals surface area contributed by atoms with Crippen molar-refractivity contribution in [3.63, 3.8) is 0 Å². The van der Waals surface area contributed by atoms with Crippen molar-refractivity contribution in [1.82, 2.24) is 25.0 Å². The van der Waals surface area contributed by atoms with Crippen LogP contribution in [0.3, 0.4) is 0 Å². The highest BCUT2D eigenvalue weighted by Crippen LogP contribution is 2.26. The van der Waals surface area contributed by atoms with Gasteiger partial charge in [0, 0.05) is 32.6 Å². The minimum Gasteiger partial charge on any atom is -0.355 e. The highest BCUT2D eigenvalue weighted by atomic mass is 32.2. The van der Waals surface area contributed by atoms with Crippen LogP contribution in [0.2, 0.25) is 0 Å². The van der Waals surface area contributed by atoms with Crippen molar-refractivity contribution in [2.75, 3.05) is 25.4 Å². The summed E-state index contributed by atoms with van der Waals surface area (Å²) in [6.07, 6.45) is 2.40. The molecule has 1 fully saturated rings. The number of carbonyl (C=O) groups excluding carboxylic acids is 2. The van der Waals surface area contributed by atoms with Crippen LogP contribution in [0.1, 0.15) is 26.2 Å². The second kappa shape index (κ2) is 9.18. The third-order valence-electron chi connectivity index (χ3n) is 4.21. The Morgan fingerprint density at radius 3 is 3.00 bits per heavy atom. The standard InChI is InChI=1S/C17H23N5O2S2/c1-2-22-16(13-6-4-11-25-13)19-20-17(22)26-12-14(23)18-8-5-10-21-9-3-7-15(21)24/h4,6,11H,2-3,5,7-10,12H2,1H3,(H,18,23). The van der Waals surface area contributed by atoms with Gasteiger partial charge in [-0.1, -0.05) is 17.8 Å². The zero-order valence-electron chi connectivity index (χ0n) is 14.8. The minimum absolute atomic E-state index is 0.0222. The number of thiophene rings is 1. The molecule has 1 aliphatic heterocycles. The lowest BCUT2D eigenvalue weighted by molar-refractivity contribution is -0.127. The quantitative estimate of drug-likeness (QED) is 0.522. The van der Waals surface area contributed by atoms with Gasteiger partial charge in [0.05, 0.1) is 10.6 Å². The largest absolute Gasteiger partial charge is 0.355 e. The predicted octanol–water partition coefficient (Wildman–Crippen LogP) is 2.25. The highest BCUT2D eigenvalue weighted by Gasteiger charge is 2.19. The maximum atomic E-state index is 12.0. The molecule has 0 aromatic carbocycles. The molecule has 0 atom stereocenters. The van der Waals surface area contributed by atoms with E-state index in [1.807, 2.05) is 33.9 Å². The molecule has 0 spiro atoms. The molecule has 140 valence electrons. The van der Waals surface area contributed by atoms with Crippen molar-refractivity contribution in [2.24, 2.45) is 0 Å². The van der Waals surface area contributed by atoms with Crippen molar-refractivity contribution in [1.29, 1.82) is 0 Å². The molecule has 7 nitrogen and oxygen atoms in total. The highest BCUT2D eigenvalue weighted by molar-refractivity contribution is 7.99. The zero-order valence-corrected chi connectivity index (χ0v) is 16.4. The monoisotopic (exact) mass is 393 g/mol. The number of carbonyl (C=O) groups is 2. The fraction of sp³-hybridized carbons (Fsp3) is 0.529. The first-order chi connectivity index (χ1) is 12.7. The van der Waals surface area contributed by atoms with Crippen molar-refractivity contribution in [3.05, 3.63) is 17.5 Å². The number of hydrogen-bond donors (Lipinski definition) is 1. The number of likely N-dealkylation sites (tertiary alicyclic amines) is 1. The molecule has 1 N–H and O–H groups in total. The summed E-state index contributed by atoms with van der Waals surface area (Å²) >= 11 is 3.03. The van der Waals surface area contributed by atoms with E-state index in [1.165, 1.54) is 11.8 Å². The van der Waals surface area contributed by atoms with Gasteiger partial charge in [-0.25, -0.2) is 0 Å². The molecule has 3 heterocycles. The van der Waals surface area contributed by atoms with Gasteiger partial charge >= 0.3 is 0 Å². The SMILES string of the molecule is CCn1c(SCC(=O)NCCCN2CCCC2=O)nnc1-c1cccs1. The third kappa shape index (κ3) is 4.64. The van der Waals surface area contributed by atoms with Crippen LogP contribution in [-0.4, -0.2) is 56.9 Å². The second-order valence-corrected chi connectivity index (χ2v) is 7.89.